The number of methoxy groups -OCH3 is 2. The van der Waals surface area contributed by atoms with Crippen LogP contribution in [0.15, 0.2) is 30.3 Å². The molecule has 222 valence electrons. The molecular formula is C32H60O5Si. The topological polar surface area (TPSA) is 57.2 Å². The number of aliphatic hydroxyl groups excluding tert-OH is 1. The van der Waals surface area contributed by atoms with Crippen LogP contribution >= 0.6 is 0 Å². The Labute approximate surface area is 236 Å². The van der Waals surface area contributed by atoms with Gasteiger partial charge in [-0.25, -0.2) is 0 Å². The summed E-state index contributed by atoms with van der Waals surface area (Å²) in [6, 6.07) is 10.2. The second kappa shape index (κ2) is 16.5. The smallest absolute Gasteiger partial charge is 0.192 e. The fourth-order valence-corrected chi connectivity index (χ4v) is 6.38. The minimum absolute atomic E-state index is 0.00820. The predicted octanol–water partition coefficient (Wildman–Crippen LogP) is 7.72. The van der Waals surface area contributed by atoms with Crippen molar-refractivity contribution < 1.29 is 23.7 Å². The first-order valence-electron chi connectivity index (χ1n) is 14.7. The number of hydrogen-bond acceptors (Lipinski definition) is 5. The molecule has 0 radical (unpaired) electrons. The van der Waals surface area contributed by atoms with Gasteiger partial charge in [-0.05, 0) is 54.8 Å². The van der Waals surface area contributed by atoms with Crippen LogP contribution in [0.3, 0.4) is 0 Å². The van der Waals surface area contributed by atoms with Crippen LogP contribution in [0.25, 0.3) is 0 Å². The zero-order valence-corrected chi connectivity index (χ0v) is 27.6. The Hall–Kier alpha value is -0.763. The lowest BCUT2D eigenvalue weighted by atomic mass is 9.85. The van der Waals surface area contributed by atoms with Crippen LogP contribution in [0.2, 0.25) is 18.1 Å². The Morgan fingerprint density at radius 2 is 1.45 bits per heavy atom. The molecule has 0 unspecified atom stereocenters. The van der Waals surface area contributed by atoms with Crippen LogP contribution in [0.4, 0.5) is 0 Å². The van der Waals surface area contributed by atoms with Crippen molar-refractivity contribution in [1.29, 1.82) is 0 Å². The highest BCUT2D eigenvalue weighted by molar-refractivity contribution is 6.74. The van der Waals surface area contributed by atoms with Gasteiger partial charge < -0.3 is 23.7 Å². The summed E-state index contributed by atoms with van der Waals surface area (Å²) in [5.74, 6) is 0.928. The average Bonchev–Trinajstić information content (AvgIpc) is 2.84. The lowest BCUT2D eigenvalue weighted by molar-refractivity contribution is -0.0613. The highest BCUT2D eigenvalue weighted by atomic mass is 28.4. The summed E-state index contributed by atoms with van der Waals surface area (Å²) in [5, 5.41) is 11.3. The maximum absolute atomic E-state index is 11.1. The molecule has 1 aromatic rings. The Morgan fingerprint density at radius 1 is 0.842 bits per heavy atom. The molecule has 0 fully saturated rings. The molecule has 0 aliphatic rings. The van der Waals surface area contributed by atoms with Crippen molar-refractivity contribution in [3.05, 3.63) is 35.9 Å². The second-order valence-electron chi connectivity index (χ2n) is 13.3. The Kier molecular flexibility index (Phi) is 15.3. The van der Waals surface area contributed by atoms with Gasteiger partial charge in [-0.2, -0.15) is 0 Å². The maximum Gasteiger partial charge on any atom is 0.192 e. The van der Waals surface area contributed by atoms with Crippen molar-refractivity contribution in [2.75, 3.05) is 20.8 Å². The van der Waals surface area contributed by atoms with Gasteiger partial charge in [0, 0.05) is 32.2 Å². The van der Waals surface area contributed by atoms with Crippen LogP contribution in [-0.2, 0) is 25.2 Å². The number of ether oxygens (including phenoxy) is 3. The molecule has 1 N–H and O–H groups in total. The van der Waals surface area contributed by atoms with Crippen LogP contribution < -0.4 is 0 Å². The van der Waals surface area contributed by atoms with Crippen LogP contribution in [0.1, 0.15) is 80.2 Å². The fraction of sp³-hybridized carbons (Fsp3) is 0.812. The minimum Gasteiger partial charge on any atom is -0.414 e. The molecule has 5 nitrogen and oxygen atoms in total. The van der Waals surface area contributed by atoms with Crippen molar-refractivity contribution in [2.24, 2.45) is 23.7 Å². The molecule has 0 aliphatic heterocycles. The third-order valence-corrected chi connectivity index (χ3v) is 13.3. The molecule has 0 saturated carbocycles. The van der Waals surface area contributed by atoms with E-state index in [-0.39, 0.29) is 35.2 Å². The van der Waals surface area contributed by atoms with Gasteiger partial charge in [0.25, 0.3) is 0 Å². The first-order valence-corrected chi connectivity index (χ1v) is 17.6. The Morgan fingerprint density at radius 3 is 1.95 bits per heavy atom. The average molecular weight is 553 g/mol. The largest absolute Gasteiger partial charge is 0.414 e. The van der Waals surface area contributed by atoms with Crippen LogP contribution in [0, 0.1) is 23.7 Å². The number of aliphatic hydroxyl groups is 1. The van der Waals surface area contributed by atoms with E-state index >= 15 is 0 Å². The van der Waals surface area contributed by atoms with E-state index in [0.29, 0.717) is 25.0 Å². The molecule has 0 spiro atoms. The standard InChI is InChI=1S/C32H60O5Si/c1-23(2)29(37-38(11,12)32(6,7)8)20-30(34-9)24(3)18-19-28(33)26(5)31(35-10)25(4)21-36-22-27-16-14-13-15-17-27/h13-17,23-26,28-31,33H,18-22H2,1-12H3/t24-,25+,26-,28-,29-,30-,31+/m0/s1. The second-order valence-corrected chi connectivity index (χ2v) is 18.1. The van der Waals surface area contributed by atoms with Crippen molar-refractivity contribution >= 4 is 8.32 Å². The molecule has 0 aromatic heterocycles. The molecule has 0 bridgehead atoms. The molecule has 0 aliphatic carbocycles. The van der Waals surface area contributed by atoms with Crippen molar-refractivity contribution in [2.45, 2.75) is 124 Å². The number of hydrogen-bond donors (Lipinski definition) is 1. The van der Waals surface area contributed by atoms with Crippen molar-refractivity contribution in [3.63, 3.8) is 0 Å². The van der Waals surface area contributed by atoms with Gasteiger partial charge in [0.2, 0.25) is 0 Å². The summed E-state index contributed by atoms with van der Waals surface area (Å²) in [4.78, 5) is 0. The van der Waals surface area contributed by atoms with E-state index in [1.807, 2.05) is 25.3 Å². The van der Waals surface area contributed by atoms with Gasteiger partial charge in [-0.15, -0.1) is 0 Å². The number of rotatable bonds is 18. The van der Waals surface area contributed by atoms with Crippen molar-refractivity contribution in [3.8, 4) is 0 Å². The van der Waals surface area contributed by atoms with E-state index in [4.69, 9.17) is 18.6 Å². The van der Waals surface area contributed by atoms with Gasteiger partial charge >= 0.3 is 0 Å². The van der Waals surface area contributed by atoms with Gasteiger partial charge in [0.15, 0.2) is 8.32 Å². The molecule has 1 rings (SSSR count). The van der Waals surface area contributed by atoms with E-state index in [2.05, 4.69) is 80.6 Å². The lowest BCUT2D eigenvalue weighted by Crippen LogP contribution is -2.46. The highest BCUT2D eigenvalue weighted by Crippen LogP contribution is 2.39. The van der Waals surface area contributed by atoms with Gasteiger partial charge in [-0.1, -0.05) is 85.7 Å². The zero-order valence-electron chi connectivity index (χ0n) is 26.6. The monoisotopic (exact) mass is 552 g/mol. The zero-order chi connectivity index (χ0) is 29.1. The van der Waals surface area contributed by atoms with Gasteiger partial charge in [0.1, 0.15) is 0 Å². The summed E-state index contributed by atoms with van der Waals surface area (Å²) in [6.45, 7) is 23.7. The summed E-state index contributed by atoms with van der Waals surface area (Å²) < 4.78 is 24.6. The summed E-state index contributed by atoms with van der Waals surface area (Å²) in [6.07, 6.45) is 2.24. The van der Waals surface area contributed by atoms with E-state index < -0.39 is 14.4 Å². The van der Waals surface area contributed by atoms with Gasteiger partial charge in [0.05, 0.1) is 31.5 Å². The molecular weight excluding hydrogens is 492 g/mol. The minimum atomic E-state index is -1.87. The van der Waals surface area contributed by atoms with E-state index in [0.717, 1.165) is 24.8 Å². The lowest BCUT2D eigenvalue weighted by Gasteiger charge is -2.41. The molecule has 7 atom stereocenters. The van der Waals surface area contributed by atoms with Crippen molar-refractivity contribution in [1.82, 2.24) is 0 Å². The molecule has 6 heteroatoms. The van der Waals surface area contributed by atoms with E-state index in [1.54, 1.807) is 7.11 Å². The Balaban J connectivity index is 2.65. The molecule has 0 amide bonds. The first kappa shape index (κ1) is 35.3. The molecule has 0 saturated heterocycles. The summed E-state index contributed by atoms with van der Waals surface area (Å²) in [5.41, 5.74) is 1.16. The van der Waals surface area contributed by atoms with Gasteiger partial charge in [-0.3, -0.25) is 0 Å². The van der Waals surface area contributed by atoms with Crippen LogP contribution in [0.5, 0.6) is 0 Å². The predicted molar refractivity (Wildman–Crippen MR) is 162 cm³/mol. The quantitative estimate of drug-likeness (QED) is 0.189. The number of benzene rings is 1. The van der Waals surface area contributed by atoms with E-state index in [9.17, 15) is 5.11 Å². The normalized spacial score (nSPS) is 18.6. The molecule has 38 heavy (non-hydrogen) atoms. The fourth-order valence-electron chi connectivity index (χ4n) is 4.90. The third-order valence-electron chi connectivity index (χ3n) is 8.77. The van der Waals surface area contributed by atoms with Crippen LogP contribution in [-0.4, -0.2) is 58.7 Å². The Bertz CT molecular complexity index is 748. The third kappa shape index (κ3) is 11.4. The SMILES string of the molecule is CO[C@@H]([C@@H](C)[C@@H](O)CC[C@H](C)[C@H](C[C@H](O[Si](C)(C)C(C)(C)C)C(C)C)OC)[C@H](C)COCc1ccccc1. The molecule has 0 heterocycles. The maximum atomic E-state index is 11.1. The highest BCUT2D eigenvalue weighted by Gasteiger charge is 2.40. The summed E-state index contributed by atoms with van der Waals surface area (Å²) >= 11 is 0. The summed E-state index contributed by atoms with van der Waals surface area (Å²) in [7, 11) is 1.67. The molecule has 1 aromatic carbocycles. The van der Waals surface area contributed by atoms with E-state index in [1.165, 1.54) is 0 Å². The first-order chi connectivity index (χ1) is 17.6.